The fourth-order valence-corrected chi connectivity index (χ4v) is 8.46. The Balaban J connectivity index is 1.96. The Morgan fingerprint density at radius 1 is 1.25 bits per heavy atom. The summed E-state index contributed by atoms with van der Waals surface area (Å²) in [4.78, 5) is 11.7. The molecule has 0 aliphatic carbocycles. The Morgan fingerprint density at radius 3 is 2.62 bits per heavy atom. The van der Waals surface area contributed by atoms with E-state index in [-0.39, 0.29) is 12.1 Å². The van der Waals surface area contributed by atoms with E-state index in [2.05, 4.69) is 0 Å². The van der Waals surface area contributed by atoms with Gasteiger partial charge in [-0.15, -0.1) is 0 Å². The van der Waals surface area contributed by atoms with Crippen LogP contribution >= 0.6 is 0 Å². The van der Waals surface area contributed by atoms with Gasteiger partial charge >= 0.3 is 106 Å². The van der Waals surface area contributed by atoms with Gasteiger partial charge in [0, 0.05) is 0 Å². The second-order valence-electron chi connectivity index (χ2n) is 3.45. The number of hydrogen-bond acceptors (Lipinski definition) is 3. The van der Waals surface area contributed by atoms with Crippen LogP contribution in [0, 0.1) is 0 Å². The summed E-state index contributed by atoms with van der Waals surface area (Å²) < 4.78 is 5.33. The Hall–Kier alpha value is -0.311. The number of aliphatic hydroxyl groups excluding tert-OH is 1. The standard InChI is InChI=1S/C11H12O3Se2/c12-9-6-15-16-7-10(9)14-11(13)8-4-2-1-3-5-8/h1-5,9-10,12H,6-7H2/t9-,10-/m1/s1. The van der Waals surface area contributed by atoms with E-state index >= 15 is 0 Å². The zero-order chi connectivity index (χ0) is 11.4. The zero-order valence-electron chi connectivity index (χ0n) is 8.54. The van der Waals surface area contributed by atoms with Crippen molar-refractivity contribution in [1.82, 2.24) is 0 Å². The molecule has 1 aliphatic heterocycles. The molecule has 0 amide bonds. The van der Waals surface area contributed by atoms with E-state index in [1.54, 1.807) is 24.3 Å². The van der Waals surface area contributed by atoms with E-state index in [1.807, 2.05) is 6.07 Å². The molecule has 1 aromatic carbocycles. The fourth-order valence-electron chi connectivity index (χ4n) is 1.34. The monoisotopic (exact) mass is 352 g/mol. The molecule has 0 radical (unpaired) electrons. The van der Waals surface area contributed by atoms with Crippen molar-refractivity contribution in [2.45, 2.75) is 22.8 Å². The Bertz CT molecular complexity index is 356. The number of carbonyl (C=O) groups is 1. The first kappa shape index (κ1) is 12.2. The van der Waals surface area contributed by atoms with Crippen molar-refractivity contribution in [1.29, 1.82) is 0 Å². The van der Waals surface area contributed by atoms with Gasteiger partial charge in [0.2, 0.25) is 0 Å². The Labute approximate surface area is 105 Å². The SMILES string of the molecule is O=C(O[C@@H]1C[Se][Se]C[C@H]1O)c1ccccc1. The second kappa shape index (κ2) is 5.85. The van der Waals surface area contributed by atoms with Crippen LogP contribution in [0.2, 0.25) is 10.6 Å². The van der Waals surface area contributed by atoms with Crippen LogP contribution in [-0.4, -0.2) is 49.5 Å². The van der Waals surface area contributed by atoms with E-state index in [4.69, 9.17) is 4.74 Å². The van der Waals surface area contributed by atoms with Gasteiger partial charge in [-0.3, -0.25) is 0 Å². The van der Waals surface area contributed by atoms with E-state index in [1.165, 1.54) is 0 Å². The normalized spacial score (nSPS) is 25.1. The van der Waals surface area contributed by atoms with E-state index < -0.39 is 6.10 Å². The zero-order valence-corrected chi connectivity index (χ0v) is 12.0. The van der Waals surface area contributed by atoms with Crippen LogP contribution in [0.15, 0.2) is 30.3 Å². The first-order valence-corrected chi connectivity index (χ1v) is 11.7. The summed E-state index contributed by atoms with van der Waals surface area (Å²) in [6.07, 6.45) is -0.744. The Kier molecular flexibility index (Phi) is 4.44. The molecule has 1 saturated heterocycles. The van der Waals surface area contributed by atoms with Crippen LogP contribution in [0.3, 0.4) is 0 Å². The van der Waals surface area contributed by atoms with Crippen molar-refractivity contribution in [3.05, 3.63) is 35.9 Å². The van der Waals surface area contributed by atoms with Gasteiger partial charge in [0.15, 0.2) is 0 Å². The molecule has 3 nitrogen and oxygen atoms in total. The van der Waals surface area contributed by atoms with Crippen molar-refractivity contribution >= 4 is 32.2 Å². The summed E-state index contributed by atoms with van der Waals surface area (Å²) in [5.74, 6) is -0.324. The third kappa shape index (κ3) is 3.09. The minimum atomic E-state index is -0.455. The van der Waals surface area contributed by atoms with Crippen molar-refractivity contribution < 1.29 is 14.6 Å². The molecule has 86 valence electrons. The molecule has 16 heavy (non-hydrogen) atoms. The van der Waals surface area contributed by atoms with Gasteiger partial charge in [-0.25, -0.2) is 0 Å². The number of benzene rings is 1. The van der Waals surface area contributed by atoms with E-state index in [9.17, 15) is 9.90 Å². The molecule has 1 aliphatic rings. The van der Waals surface area contributed by atoms with Crippen molar-refractivity contribution in [3.8, 4) is 0 Å². The van der Waals surface area contributed by atoms with Gasteiger partial charge in [-0.1, -0.05) is 0 Å². The average molecular weight is 350 g/mol. The van der Waals surface area contributed by atoms with Crippen LogP contribution in [0.25, 0.3) is 0 Å². The van der Waals surface area contributed by atoms with Gasteiger partial charge in [0.25, 0.3) is 0 Å². The van der Waals surface area contributed by atoms with Gasteiger partial charge in [0.05, 0.1) is 0 Å². The summed E-state index contributed by atoms with van der Waals surface area (Å²) in [7, 11) is 0. The first-order valence-electron chi connectivity index (χ1n) is 4.96. The molecule has 0 aromatic heterocycles. The van der Waals surface area contributed by atoms with Gasteiger partial charge < -0.3 is 0 Å². The molecule has 0 unspecified atom stereocenters. The number of hydrogen-bond donors (Lipinski definition) is 1. The number of aliphatic hydroxyl groups is 1. The molecular formula is C11H12O3Se2. The van der Waals surface area contributed by atoms with Gasteiger partial charge in [0.1, 0.15) is 0 Å². The summed E-state index contributed by atoms with van der Waals surface area (Å²) in [5.41, 5.74) is 0.554. The molecule has 2 atom stereocenters. The molecular weight excluding hydrogens is 338 g/mol. The van der Waals surface area contributed by atoms with E-state index in [0.29, 0.717) is 31.8 Å². The van der Waals surface area contributed by atoms with Crippen LogP contribution < -0.4 is 0 Å². The number of rotatable bonds is 2. The molecule has 2 rings (SSSR count). The van der Waals surface area contributed by atoms with Crippen LogP contribution in [0.5, 0.6) is 0 Å². The minimum absolute atomic E-state index is 0.289. The maximum absolute atomic E-state index is 11.7. The Morgan fingerprint density at radius 2 is 1.94 bits per heavy atom. The molecule has 0 saturated carbocycles. The third-order valence-corrected chi connectivity index (χ3v) is 9.36. The van der Waals surface area contributed by atoms with Crippen molar-refractivity contribution in [3.63, 3.8) is 0 Å². The molecule has 1 fully saturated rings. The number of carbonyl (C=O) groups excluding carboxylic acids is 1. The molecule has 1 aromatic rings. The molecule has 0 bridgehead atoms. The number of esters is 1. The van der Waals surface area contributed by atoms with Crippen LogP contribution in [-0.2, 0) is 4.74 Å². The van der Waals surface area contributed by atoms with Crippen molar-refractivity contribution in [2.75, 3.05) is 0 Å². The summed E-state index contributed by atoms with van der Waals surface area (Å²) in [6, 6.07) is 8.93. The second-order valence-corrected chi connectivity index (χ2v) is 11.0. The van der Waals surface area contributed by atoms with E-state index in [0.717, 1.165) is 10.6 Å². The quantitative estimate of drug-likeness (QED) is 0.633. The van der Waals surface area contributed by atoms with Crippen LogP contribution in [0.1, 0.15) is 10.4 Å². The number of ether oxygens (including phenoxy) is 1. The topological polar surface area (TPSA) is 46.5 Å². The van der Waals surface area contributed by atoms with Crippen LogP contribution in [0.4, 0.5) is 0 Å². The maximum atomic E-state index is 11.7. The third-order valence-electron chi connectivity index (χ3n) is 2.25. The van der Waals surface area contributed by atoms with Gasteiger partial charge in [-0.2, -0.15) is 0 Å². The molecule has 5 heteroatoms. The summed E-state index contributed by atoms with van der Waals surface area (Å²) >= 11 is 1.13. The van der Waals surface area contributed by atoms with Crippen molar-refractivity contribution in [2.24, 2.45) is 0 Å². The predicted octanol–water partition coefficient (Wildman–Crippen LogP) is 0.747. The molecule has 1 N–H and O–H groups in total. The molecule has 0 spiro atoms. The average Bonchev–Trinajstić information content (AvgIpc) is 2.33. The molecule has 1 heterocycles. The summed E-state index contributed by atoms with van der Waals surface area (Å²) in [5, 5.41) is 11.4. The van der Waals surface area contributed by atoms with Gasteiger partial charge in [-0.05, 0) is 0 Å². The fraction of sp³-hybridized carbons (Fsp3) is 0.364. The first-order chi connectivity index (χ1) is 7.77. The predicted molar refractivity (Wildman–Crippen MR) is 62.8 cm³/mol. The summed E-state index contributed by atoms with van der Waals surface area (Å²) in [6.45, 7) is 0.